The molecule has 1 saturated carbocycles. The quantitative estimate of drug-likeness (QED) is 0.726. The summed E-state index contributed by atoms with van der Waals surface area (Å²) in [6.07, 6.45) is 5.62. The van der Waals surface area contributed by atoms with Gasteiger partial charge in [0.2, 0.25) is 5.95 Å². The molecule has 0 atom stereocenters. The molecule has 0 radical (unpaired) electrons. The molecule has 3 N–H and O–H groups in total. The molecule has 0 aliphatic heterocycles. The lowest BCUT2D eigenvalue weighted by molar-refractivity contribution is 0.0690. The fourth-order valence-corrected chi connectivity index (χ4v) is 2.35. The smallest absolute Gasteiger partial charge is 0.354 e. The van der Waals surface area contributed by atoms with E-state index in [-0.39, 0.29) is 17.7 Å². The van der Waals surface area contributed by atoms with Gasteiger partial charge in [-0.2, -0.15) is 0 Å². The van der Waals surface area contributed by atoms with Crippen molar-refractivity contribution < 1.29 is 15.0 Å². The van der Waals surface area contributed by atoms with Crippen LogP contribution in [0.4, 0.5) is 5.95 Å². The average Bonchev–Trinajstić information content (AvgIpc) is 2.86. The zero-order valence-corrected chi connectivity index (χ0v) is 10.1. The van der Waals surface area contributed by atoms with Gasteiger partial charge in [0, 0.05) is 18.2 Å². The second-order valence-electron chi connectivity index (χ2n) is 4.79. The number of carbonyl (C=O) groups is 1. The number of anilines is 1. The molecule has 1 fully saturated rings. The van der Waals surface area contributed by atoms with Crippen LogP contribution in [0.25, 0.3) is 0 Å². The summed E-state index contributed by atoms with van der Waals surface area (Å²) in [6.45, 7) is 0.713. The van der Waals surface area contributed by atoms with E-state index in [1.165, 1.54) is 12.3 Å². The van der Waals surface area contributed by atoms with Gasteiger partial charge in [0.15, 0.2) is 5.69 Å². The van der Waals surface area contributed by atoms with Gasteiger partial charge in [-0.15, -0.1) is 0 Å². The monoisotopic (exact) mass is 251 g/mol. The zero-order chi connectivity index (χ0) is 13.0. The molecule has 18 heavy (non-hydrogen) atoms. The molecule has 1 aliphatic carbocycles. The molecule has 6 nitrogen and oxygen atoms in total. The Morgan fingerprint density at radius 1 is 1.44 bits per heavy atom. The first-order valence-corrected chi connectivity index (χ1v) is 6.06. The fraction of sp³-hybridized carbons (Fsp3) is 0.583. The molecule has 1 aromatic heterocycles. The average molecular weight is 251 g/mol. The molecule has 0 saturated heterocycles. The summed E-state index contributed by atoms with van der Waals surface area (Å²) in [6, 6.07) is 1.35. The minimum Gasteiger partial charge on any atom is -0.477 e. The van der Waals surface area contributed by atoms with Gasteiger partial charge in [0.05, 0.1) is 6.61 Å². The van der Waals surface area contributed by atoms with Crippen molar-refractivity contribution in [1.82, 2.24) is 9.97 Å². The number of nitrogens with one attached hydrogen (secondary N) is 1. The Balaban J connectivity index is 2.01. The first kappa shape index (κ1) is 12.8. The summed E-state index contributed by atoms with van der Waals surface area (Å²) in [5.41, 5.74) is -0.139. The van der Waals surface area contributed by atoms with Gasteiger partial charge in [0.25, 0.3) is 0 Å². The van der Waals surface area contributed by atoms with E-state index in [0.29, 0.717) is 12.5 Å². The van der Waals surface area contributed by atoms with Crippen molar-refractivity contribution >= 4 is 11.9 Å². The van der Waals surface area contributed by atoms with Gasteiger partial charge < -0.3 is 15.5 Å². The van der Waals surface area contributed by atoms with Crippen molar-refractivity contribution in [3.63, 3.8) is 0 Å². The number of aliphatic hydroxyl groups excluding tert-OH is 1. The molecule has 0 aromatic carbocycles. The summed E-state index contributed by atoms with van der Waals surface area (Å²) >= 11 is 0. The number of aliphatic hydroxyl groups is 1. The predicted octanol–water partition coefficient (Wildman–Crippen LogP) is 1.14. The number of aromatic carboxylic acids is 1. The number of hydrogen-bond donors (Lipinski definition) is 3. The van der Waals surface area contributed by atoms with Gasteiger partial charge in [-0.25, -0.2) is 14.8 Å². The highest BCUT2D eigenvalue weighted by molar-refractivity contribution is 5.85. The molecule has 0 amide bonds. The molecular formula is C12H17N3O3. The van der Waals surface area contributed by atoms with E-state index < -0.39 is 5.97 Å². The third-order valence-corrected chi connectivity index (χ3v) is 3.50. The maximum Gasteiger partial charge on any atom is 0.354 e. The third kappa shape index (κ3) is 2.76. The summed E-state index contributed by atoms with van der Waals surface area (Å²) in [7, 11) is 0. The van der Waals surface area contributed by atoms with Crippen LogP contribution >= 0.6 is 0 Å². The highest BCUT2D eigenvalue weighted by atomic mass is 16.4. The second-order valence-corrected chi connectivity index (χ2v) is 4.79. The fourth-order valence-electron chi connectivity index (χ4n) is 2.35. The van der Waals surface area contributed by atoms with E-state index in [1.54, 1.807) is 0 Å². The van der Waals surface area contributed by atoms with Gasteiger partial charge in [0.1, 0.15) is 0 Å². The molecule has 1 aromatic rings. The van der Waals surface area contributed by atoms with E-state index in [2.05, 4.69) is 15.3 Å². The van der Waals surface area contributed by atoms with Crippen molar-refractivity contribution in [3.05, 3.63) is 18.0 Å². The van der Waals surface area contributed by atoms with Crippen molar-refractivity contribution in [2.45, 2.75) is 25.7 Å². The Hall–Kier alpha value is -1.69. The molecule has 2 rings (SSSR count). The predicted molar refractivity (Wildman–Crippen MR) is 65.5 cm³/mol. The number of carboxylic acid groups (broad SMARTS) is 1. The largest absolute Gasteiger partial charge is 0.477 e. The van der Waals surface area contributed by atoms with Gasteiger partial charge in [-0.1, -0.05) is 12.8 Å². The van der Waals surface area contributed by atoms with Crippen LogP contribution in [0.2, 0.25) is 0 Å². The van der Waals surface area contributed by atoms with E-state index in [1.807, 2.05) is 0 Å². The van der Waals surface area contributed by atoms with Crippen LogP contribution < -0.4 is 5.32 Å². The third-order valence-electron chi connectivity index (χ3n) is 3.50. The molecule has 1 heterocycles. The van der Waals surface area contributed by atoms with E-state index >= 15 is 0 Å². The maximum absolute atomic E-state index is 10.8. The lowest BCUT2D eigenvalue weighted by Gasteiger charge is -2.26. The Morgan fingerprint density at radius 3 is 2.78 bits per heavy atom. The Labute approximate surface area is 105 Å². The van der Waals surface area contributed by atoms with Crippen LogP contribution in [0.15, 0.2) is 12.3 Å². The minimum atomic E-state index is -1.07. The van der Waals surface area contributed by atoms with Gasteiger partial charge >= 0.3 is 5.97 Å². The van der Waals surface area contributed by atoms with Crippen molar-refractivity contribution in [2.24, 2.45) is 5.41 Å². The first-order chi connectivity index (χ1) is 8.65. The number of rotatable bonds is 5. The molecule has 6 heteroatoms. The number of carboxylic acids is 1. The summed E-state index contributed by atoms with van der Waals surface area (Å²) in [5, 5.41) is 21.3. The van der Waals surface area contributed by atoms with Crippen molar-refractivity contribution in [2.75, 3.05) is 18.5 Å². The van der Waals surface area contributed by atoms with Gasteiger partial charge in [-0.05, 0) is 18.9 Å². The van der Waals surface area contributed by atoms with Crippen LogP contribution in [0, 0.1) is 5.41 Å². The van der Waals surface area contributed by atoms with E-state index in [0.717, 1.165) is 25.7 Å². The topological polar surface area (TPSA) is 95.3 Å². The number of hydrogen-bond acceptors (Lipinski definition) is 5. The standard InChI is InChI=1S/C12H17N3O3/c16-8-12(4-1-2-5-12)7-14-11-13-6-3-9(15-11)10(17)18/h3,6,16H,1-2,4-5,7-8H2,(H,17,18)(H,13,14,15). The SMILES string of the molecule is O=C(O)c1ccnc(NCC2(CO)CCCC2)n1. The second kappa shape index (κ2) is 5.30. The maximum atomic E-state index is 10.8. The van der Waals surface area contributed by atoms with E-state index in [4.69, 9.17) is 5.11 Å². The summed E-state index contributed by atoms with van der Waals surface area (Å²) in [5.74, 6) is -0.771. The Kier molecular flexibility index (Phi) is 3.76. The minimum absolute atomic E-state index is 0.0306. The molecule has 1 aliphatic rings. The normalized spacial score (nSPS) is 17.6. The molecule has 98 valence electrons. The highest BCUT2D eigenvalue weighted by Gasteiger charge is 2.33. The van der Waals surface area contributed by atoms with Crippen molar-refractivity contribution in [1.29, 1.82) is 0 Å². The Morgan fingerprint density at radius 2 is 2.17 bits per heavy atom. The summed E-state index contributed by atoms with van der Waals surface area (Å²) < 4.78 is 0. The first-order valence-electron chi connectivity index (χ1n) is 6.06. The van der Waals surface area contributed by atoms with Crippen LogP contribution in [-0.4, -0.2) is 39.3 Å². The zero-order valence-electron chi connectivity index (χ0n) is 10.1. The lowest BCUT2D eigenvalue weighted by atomic mass is 9.87. The van der Waals surface area contributed by atoms with Crippen molar-refractivity contribution in [3.8, 4) is 0 Å². The molecule has 0 bridgehead atoms. The molecule has 0 unspecified atom stereocenters. The van der Waals surface area contributed by atoms with E-state index in [9.17, 15) is 9.90 Å². The van der Waals surface area contributed by atoms with Crippen LogP contribution in [-0.2, 0) is 0 Å². The molecular weight excluding hydrogens is 234 g/mol. The van der Waals surface area contributed by atoms with Crippen LogP contribution in [0.1, 0.15) is 36.2 Å². The highest BCUT2D eigenvalue weighted by Crippen LogP contribution is 2.37. The lowest BCUT2D eigenvalue weighted by Crippen LogP contribution is -2.31. The number of nitrogens with zero attached hydrogens (tertiary/aromatic N) is 2. The Bertz CT molecular complexity index is 430. The van der Waals surface area contributed by atoms with Crippen LogP contribution in [0.5, 0.6) is 0 Å². The molecule has 0 spiro atoms. The van der Waals surface area contributed by atoms with Crippen LogP contribution in [0.3, 0.4) is 0 Å². The summed E-state index contributed by atoms with van der Waals surface area (Å²) in [4.78, 5) is 18.7. The number of aromatic nitrogens is 2. The van der Waals surface area contributed by atoms with Gasteiger partial charge in [-0.3, -0.25) is 0 Å².